The van der Waals surface area contributed by atoms with E-state index in [9.17, 15) is 4.79 Å². The van der Waals surface area contributed by atoms with E-state index in [0.29, 0.717) is 30.0 Å². The lowest BCUT2D eigenvalue weighted by Crippen LogP contribution is -2.22. The summed E-state index contributed by atoms with van der Waals surface area (Å²) < 4.78 is 7.29. The first-order valence-electron chi connectivity index (χ1n) is 6.21. The molecule has 0 N–H and O–H groups in total. The lowest BCUT2D eigenvalue weighted by molar-refractivity contribution is 0.0853. The second-order valence-corrected chi connectivity index (χ2v) is 11.2. The molecule has 19 heavy (non-hydrogen) atoms. The van der Waals surface area contributed by atoms with Gasteiger partial charge in [0, 0.05) is 27.1 Å². The van der Waals surface area contributed by atoms with Gasteiger partial charge in [0.15, 0.2) is 23.4 Å². The predicted molar refractivity (Wildman–Crippen MR) is 74.8 cm³/mol. The Morgan fingerprint density at radius 2 is 2.05 bits per heavy atom. The van der Waals surface area contributed by atoms with E-state index in [2.05, 4.69) is 34.6 Å². The first kappa shape index (κ1) is 13.8. The number of carbonyl (C=O) groups is 1. The molecule has 2 heterocycles. The van der Waals surface area contributed by atoms with Crippen molar-refractivity contribution < 1.29 is 9.53 Å². The van der Waals surface area contributed by atoms with Crippen molar-refractivity contribution in [2.75, 3.05) is 6.61 Å². The van der Waals surface area contributed by atoms with E-state index in [0.717, 1.165) is 6.04 Å². The second-order valence-electron chi connectivity index (χ2n) is 5.57. The largest absolute Gasteiger partial charge is 0.361 e. The molecule has 0 aliphatic carbocycles. The lowest BCUT2D eigenvalue weighted by atomic mass is 10.6. The van der Waals surface area contributed by atoms with Crippen LogP contribution in [-0.4, -0.2) is 40.5 Å². The number of aromatic nitrogens is 4. The van der Waals surface area contributed by atoms with Gasteiger partial charge in [-0.2, -0.15) is 0 Å². The number of hydrogen-bond donors (Lipinski definition) is 0. The summed E-state index contributed by atoms with van der Waals surface area (Å²) in [5.74, 6) is 0.300. The zero-order valence-corrected chi connectivity index (χ0v) is 12.5. The van der Waals surface area contributed by atoms with Crippen molar-refractivity contribution in [2.45, 2.75) is 32.4 Å². The molecule has 7 heteroatoms. The molecule has 0 fully saturated rings. The first-order valence-corrected chi connectivity index (χ1v) is 9.92. The maximum absolute atomic E-state index is 11.0. The number of hydrogen-bond acceptors (Lipinski definition) is 5. The van der Waals surface area contributed by atoms with Crippen LogP contribution in [-0.2, 0) is 11.5 Å². The summed E-state index contributed by atoms with van der Waals surface area (Å²) in [4.78, 5) is 23.4. The van der Waals surface area contributed by atoms with E-state index < -0.39 is 8.07 Å². The maximum atomic E-state index is 11.0. The highest BCUT2D eigenvalue weighted by Crippen LogP contribution is 2.11. The summed E-state index contributed by atoms with van der Waals surface area (Å²) in [6.07, 6.45) is 3.84. The van der Waals surface area contributed by atoms with Crippen molar-refractivity contribution in [1.29, 1.82) is 0 Å². The third-order valence-electron chi connectivity index (χ3n) is 2.74. The van der Waals surface area contributed by atoms with Crippen molar-refractivity contribution in [3.63, 3.8) is 0 Å². The number of nitrogens with zero attached hydrogens (tertiary/aromatic N) is 4. The third-order valence-corrected chi connectivity index (χ3v) is 4.44. The van der Waals surface area contributed by atoms with Gasteiger partial charge in [0.05, 0.1) is 0 Å². The van der Waals surface area contributed by atoms with Gasteiger partial charge < -0.3 is 4.74 Å². The van der Waals surface area contributed by atoms with Crippen molar-refractivity contribution >= 4 is 25.7 Å². The molecule has 0 bridgehead atoms. The zero-order valence-electron chi connectivity index (χ0n) is 11.5. The number of rotatable bonds is 6. The summed E-state index contributed by atoms with van der Waals surface area (Å²) in [5, 5.41) is 0. The summed E-state index contributed by atoms with van der Waals surface area (Å²) >= 11 is 0. The minimum atomic E-state index is -1.10. The van der Waals surface area contributed by atoms with Crippen molar-refractivity contribution in [3.8, 4) is 0 Å². The lowest BCUT2D eigenvalue weighted by Gasteiger charge is -2.15. The van der Waals surface area contributed by atoms with Crippen LogP contribution in [0.2, 0.25) is 25.7 Å². The van der Waals surface area contributed by atoms with Crippen molar-refractivity contribution in [1.82, 2.24) is 19.5 Å². The molecular formula is C12H18N4O2Si. The first-order chi connectivity index (χ1) is 9.01. The summed E-state index contributed by atoms with van der Waals surface area (Å²) in [6.45, 7) is 7.86. The van der Waals surface area contributed by atoms with Gasteiger partial charge in [-0.15, -0.1) is 0 Å². The molecule has 2 aromatic rings. The fourth-order valence-corrected chi connectivity index (χ4v) is 2.38. The van der Waals surface area contributed by atoms with Gasteiger partial charge in [-0.3, -0.25) is 9.36 Å². The molecule has 102 valence electrons. The van der Waals surface area contributed by atoms with Crippen LogP contribution in [0.4, 0.5) is 0 Å². The fraction of sp³-hybridized carbons (Fsp3) is 0.500. The molecule has 0 aliphatic heterocycles. The Kier molecular flexibility index (Phi) is 4.06. The Balaban J connectivity index is 2.09. The standard InChI is InChI=1S/C12H18N4O2Si/c1-19(2,3)7-6-18-9-16-10(8-17)15-11-12(16)14-5-4-13-11/h4-5,8H,6-7,9H2,1-3H3. The average Bonchev–Trinajstić information content (AvgIpc) is 2.71. The van der Waals surface area contributed by atoms with E-state index in [-0.39, 0.29) is 6.73 Å². The van der Waals surface area contributed by atoms with Crippen LogP contribution in [0, 0.1) is 0 Å². The van der Waals surface area contributed by atoms with E-state index in [4.69, 9.17) is 4.74 Å². The molecule has 0 radical (unpaired) electrons. The summed E-state index contributed by atoms with van der Waals surface area (Å²) in [6, 6.07) is 1.09. The number of fused-ring (bicyclic) bond motifs is 1. The van der Waals surface area contributed by atoms with Crippen LogP contribution in [0.1, 0.15) is 10.6 Å². The van der Waals surface area contributed by atoms with Gasteiger partial charge in [-0.05, 0) is 6.04 Å². The van der Waals surface area contributed by atoms with E-state index in [1.165, 1.54) is 0 Å². The normalized spacial score (nSPS) is 11.9. The molecule has 2 rings (SSSR count). The Bertz CT molecular complexity index is 577. The van der Waals surface area contributed by atoms with Gasteiger partial charge in [-0.25, -0.2) is 15.0 Å². The van der Waals surface area contributed by atoms with Crippen molar-refractivity contribution in [3.05, 3.63) is 18.2 Å². The molecule has 0 saturated heterocycles. The third kappa shape index (κ3) is 3.45. The molecule has 0 aromatic carbocycles. The number of carbonyl (C=O) groups excluding carboxylic acids is 1. The topological polar surface area (TPSA) is 69.9 Å². The van der Waals surface area contributed by atoms with Crippen LogP contribution >= 0.6 is 0 Å². The van der Waals surface area contributed by atoms with Crippen LogP contribution in [0.5, 0.6) is 0 Å². The molecule has 0 spiro atoms. The Morgan fingerprint density at radius 3 is 2.74 bits per heavy atom. The summed E-state index contributed by atoms with van der Waals surface area (Å²) in [5.41, 5.74) is 1.05. The number of ether oxygens (including phenoxy) is 1. The molecule has 0 saturated carbocycles. The van der Waals surface area contributed by atoms with E-state index in [1.807, 2.05) is 0 Å². The van der Waals surface area contributed by atoms with Crippen molar-refractivity contribution in [2.24, 2.45) is 0 Å². The number of aldehydes is 1. The van der Waals surface area contributed by atoms with Gasteiger partial charge in [0.25, 0.3) is 0 Å². The van der Waals surface area contributed by atoms with Crippen LogP contribution in [0.15, 0.2) is 12.4 Å². The second kappa shape index (κ2) is 5.58. The average molecular weight is 278 g/mol. The smallest absolute Gasteiger partial charge is 0.198 e. The summed E-state index contributed by atoms with van der Waals surface area (Å²) in [7, 11) is -1.10. The molecule has 6 nitrogen and oxygen atoms in total. The van der Waals surface area contributed by atoms with Gasteiger partial charge in [-0.1, -0.05) is 19.6 Å². The van der Waals surface area contributed by atoms with Crippen LogP contribution in [0.25, 0.3) is 11.3 Å². The van der Waals surface area contributed by atoms with E-state index >= 15 is 0 Å². The SMILES string of the molecule is C[Si](C)(C)CCOCn1c(C=O)nc2nccnc21. The van der Waals surface area contributed by atoms with Crippen LogP contribution in [0.3, 0.4) is 0 Å². The Morgan fingerprint density at radius 1 is 1.32 bits per heavy atom. The predicted octanol–water partition coefficient (Wildman–Crippen LogP) is 1.95. The van der Waals surface area contributed by atoms with E-state index in [1.54, 1.807) is 17.0 Å². The molecular weight excluding hydrogens is 260 g/mol. The molecule has 0 atom stereocenters. The fourth-order valence-electron chi connectivity index (χ4n) is 1.62. The Labute approximate surface area is 112 Å². The highest BCUT2D eigenvalue weighted by Gasteiger charge is 2.14. The minimum absolute atomic E-state index is 0.285. The molecule has 0 unspecified atom stereocenters. The van der Waals surface area contributed by atoms with Gasteiger partial charge in [0.2, 0.25) is 0 Å². The number of imidazole rings is 1. The quantitative estimate of drug-likeness (QED) is 0.459. The monoisotopic (exact) mass is 278 g/mol. The van der Waals surface area contributed by atoms with Gasteiger partial charge in [0.1, 0.15) is 6.73 Å². The highest BCUT2D eigenvalue weighted by molar-refractivity contribution is 6.76. The van der Waals surface area contributed by atoms with Gasteiger partial charge >= 0.3 is 0 Å². The molecule has 0 aliphatic rings. The Hall–Kier alpha value is -1.60. The maximum Gasteiger partial charge on any atom is 0.198 e. The molecule has 0 amide bonds. The van der Waals surface area contributed by atoms with Crippen LogP contribution < -0.4 is 0 Å². The minimum Gasteiger partial charge on any atom is -0.361 e. The molecule has 2 aromatic heterocycles. The highest BCUT2D eigenvalue weighted by atomic mass is 28.3. The zero-order chi connectivity index (χ0) is 13.9.